The first-order chi connectivity index (χ1) is 13.1. The van der Waals surface area contributed by atoms with Crippen LogP contribution in [0.4, 0.5) is 0 Å². The molecule has 4 heteroatoms. The fourth-order valence-corrected chi connectivity index (χ4v) is 3.97. The predicted octanol–water partition coefficient (Wildman–Crippen LogP) is 4.99. The maximum Gasteiger partial charge on any atom is 0.287 e. The van der Waals surface area contributed by atoms with Crippen LogP contribution in [0.3, 0.4) is 0 Å². The molecule has 0 saturated heterocycles. The van der Waals surface area contributed by atoms with Crippen molar-refractivity contribution >= 4 is 16.9 Å². The second-order valence-electron chi connectivity index (χ2n) is 7.33. The van der Waals surface area contributed by atoms with Gasteiger partial charge in [0.2, 0.25) is 0 Å². The van der Waals surface area contributed by atoms with Crippen molar-refractivity contribution in [1.82, 2.24) is 5.32 Å². The zero-order valence-corrected chi connectivity index (χ0v) is 15.9. The lowest BCUT2D eigenvalue weighted by molar-refractivity contribution is 0.0901. The van der Waals surface area contributed by atoms with E-state index >= 15 is 0 Å². The molecule has 4 nitrogen and oxygen atoms in total. The second-order valence-corrected chi connectivity index (χ2v) is 7.33. The van der Waals surface area contributed by atoms with Gasteiger partial charge in [-0.25, -0.2) is 0 Å². The summed E-state index contributed by atoms with van der Waals surface area (Å²) in [5.41, 5.74) is 2.92. The Morgan fingerprint density at radius 1 is 1.19 bits per heavy atom. The fourth-order valence-electron chi connectivity index (χ4n) is 3.97. The van der Waals surface area contributed by atoms with E-state index in [-0.39, 0.29) is 11.3 Å². The van der Waals surface area contributed by atoms with E-state index in [1.165, 1.54) is 12.0 Å². The summed E-state index contributed by atoms with van der Waals surface area (Å²) < 4.78 is 11.4. The monoisotopic (exact) mass is 363 g/mol. The summed E-state index contributed by atoms with van der Waals surface area (Å²) in [6.07, 6.45) is 3.41. The SMILES string of the molecule is CCOc1ccc2oc(C(=O)NCC3(c4ccccc4)CCC3)c(C)c2c1. The lowest BCUT2D eigenvalue weighted by Gasteiger charge is -2.42. The molecule has 0 atom stereocenters. The molecule has 0 aliphatic heterocycles. The Morgan fingerprint density at radius 3 is 2.63 bits per heavy atom. The molecule has 0 bridgehead atoms. The highest BCUT2D eigenvalue weighted by Gasteiger charge is 2.39. The molecule has 1 heterocycles. The molecule has 1 aliphatic carbocycles. The van der Waals surface area contributed by atoms with Crippen molar-refractivity contribution in [3.8, 4) is 5.75 Å². The molecule has 1 amide bonds. The quantitative estimate of drug-likeness (QED) is 0.671. The average Bonchev–Trinajstić information content (AvgIpc) is 2.98. The van der Waals surface area contributed by atoms with Crippen LogP contribution in [0.1, 0.15) is 47.9 Å². The molecule has 0 unspecified atom stereocenters. The second kappa shape index (κ2) is 7.10. The van der Waals surface area contributed by atoms with E-state index in [9.17, 15) is 4.79 Å². The molecule has 27 heavy (non-hydrogen) atoms. The number of carbonyl (C=O) groups is 1. The number of nitrogens with one attached hydrogen (secondary N) is 1. The smallest absolute Gasteiger partial charge is 0.287 e. The molecule has 2 aromatic carbocycles. The number of carbonyl (C=O) groups excluding carboxylic acids is 1. The van der Waals surface area contributed by atoms with Gasteiger partial charge < -0.3 is 14.5 Å². The molecule has 4 rings (SSSR count). The van der Waals surface area contributed by atoms with E-state index in [4.69, 9.17) is 9.15 Å². The van der Waals surface area contributed by atoms with Crippen LogP contribution in [0, 0.1) is 6.92 Å². The van der Waals surface area contributed by atoms with E-state index in [0.717, 1.165) is 29.5 Å². The van der Waals surface area contributed by atoms with Crippen LogP contribution in [-0.2, 0) is 5.41 Å². The number of ether oxygens (including phenoxy) is 1. The molecule has 3 aromatic rings. The lowest BCUT2D eigenvalue weighted by Crippen LogP contribution is -2.45. The van der Waals surface area contributed by atoms with Crippen LogP contribution in [0.2, 0.25) is 0 Å². The summed E-state index contributed by atoms with van der Waals surface area (Å²) in [5, 5.41) is 4.04. The standard InChI is InChI=1S/C23H25NO3/c1-3-26-18-10-11-20-19(14-18)16(2)21(27-20)22(25)24-15-23(12-7-13-23)17-8-5-4-6-9-17/h4-6,8-11,14H,3,7,12-13,15H2,1-2H3,(H,24,25). The molecule has 0 radical (unpaired) electrons. The summed E-state index contributed by atoms with van der Waals surface area (Å²) in [6, 6.07) is 16.2. The van der Waals surface area contributed by atoms with Gasteiger partial charge in [0.25, 0.3) is 5.91 Å². The van der Waals surface area contributed by atoms with Gasteiger partial charge in [-0.2, -0.15) is 0 Å². The number of rotatable bonds is 6. The molecule has 1 aliphatic rings. The Bertz CT molecular complexity index is 954. The molecular formula is C23H25NO3. The van der Waals surface area contributed by atoms with Crippen LogP contribution < -0.4 is 10.1 Å². The summed E-state index contributed by atoms with van der Waals surface area (Å²) in [5.74, 6) is 1.03. The van der Waals surface area contributed by atoms with Crippen LogP contribution in [-0.4, -0.2) is 19.1 Å². The molecule has 1 N–H and O–H groups in total. The van der Waals surface area contributed by atoms with Gasteiger partial charge in [-0.1, -0.05) is 36.8 Å². The molecule has 1 saturated carbocycles. The van der Waals surface area contributed by atoms with Crippen molar-refractivity contribution in [2.24, 2.45) is 0 Å². The summed E-state index contributed by atoms with van der Waals surface area (Å²) in [4.78, 5) is 12.8. The van der Waals surface area contributed by atoms with Crippen LogP contribution in [0.15, 0.2) is 52.9 Å². The number of aryl methyl sites for hydroxylation is 1. The first kappa shape index (κ1) is 17.7. The number of fused-ring (bicyclic) bond motifs is 1. The molecular weight excluding hydrogens is 338 g/mol. The zero-order valence-electron chi connectivity index (χ0n) is 15.9. The van der Waals surface area contributed by atoms with Crippen molar-refractivity contribution < 1.29 is 13.9 Å². The van der Waals surface area contributed by atoms with Gasteiger partial charge in [-0.05, 0) is 50.5 Å². The fraction of sp³-hybridized carbons (Fsp3) is 0.348. The van der Waals surface area contributed by atoms with Gasteiger partial charge in [0, 0.05) is 22.9 Å². The zero-order chi connectivity index (χ0) is 18.9. The minimum atomic E-state index is -0.149. The van der Waals surface area contributed by atoms with Crippen molar-refractivity contribution in [2.45, 2.75) is 38.5 Å². The Hall–Kier alpha value is -2.75. The minimum absolute atomic E-state index is 0.0545. The summed E-state index contributed by atoms with van der Waals surface area (Å²) >= 11 is 0. The van der Waals surface area contributed by atoms with Gasteiger partial charge in [-0.15, -0.1) is 0 Å². The third kappa shape index (κ3) is 3.20. The van der Waals surface area contributed by atoms with E-state index < -0.39 is 0 Å². The average molecular weight is 363 g/mol. The Morgan fingerprint density at radius 2 is 1.96 bits per heavy atom. The molecule has 140 valence electrons. The van der Waals surface area contributed by atoms with Crippen molar-refractivity contribution in [3.63, 3.8) is 0 Å². The molecule has 1 aromatic heterocycles. The third-order valence-electron chi connectivity index (χ3n) is 5.71. The highest BCUT2D eigenvalue weighted by molar-refractivity contribution is 5.99. The third-order valence-corrected chi connectivity index (χ3v) is 5.71. The highest BCUT2D eigenvalue weighted by Crippen LogP contribution is 2.43. The number of benzene rings is 2. The van der Waals surface area contributed by atoms with E-state index in [0.29, 0.717) is 24.5 Å². The number of hydrogen-bond donors (Lipinski definition) is 1. The van der Waals surface area contributed by atoms with Gasteiger partial charge in [0.1, 0.15) is 11.3 Å². The van der Waals surface area contributed by atoms with Crippen molar-refractivity contribution in [3.05, 3.63) is 65.4 Å². The maximum atomic E-state index is 12.8. The summed E-state index contributed by atoms with van der Waals surface area (Å²) in [7, 11) is 0. The van der Waals surface area contributed by atoms with E-state index in [1.807, 2.05) is 38.1 Å². The highest BCUT2D eigenvalue weighted by atomic mass is 16.5. The van der Waals surface area contributed by atoms with Gasteiger partial charge in [0.15, 0.2) is 5.76 Å². The Balaban J connectivity index is 1.54. The van der Waals surface area contributed by atoms with Gasteiger partial charge in [-0.3, -0.25) is 4.79 Å². The first-order valence-electron chi connectivity index (χ1n) is 9.63. The molecule has 1 fully saturated rings. The van der Waals surface area contributed by atoms with Crippen LogP contribution in [0.25, 0.3) is 11.0 Å². The number of hydrogen-bond acceptors (Lipinski definition) is 3. The van der Waals surface area contributed by atoms with E-state index in [1.54, 1.807) is 0 Å². The van der Waals surface area contributed by atoms with Crippen molar-refractivity contribution in [1.29, 1.82) is 0 Å². The minimum Gasteiger partial charge on any atom is -0.494 e. The van der Waals surface area contributed by atoms with Crippen molar-refractivity contribution in [2.75, 3.05) is 13.2 Å². The van der Waals surface area contributed by atoms with Gasteiger partial charge >= 0.3 is 0 Å². The molecule has 0 spiro atoms. The topological polar surface area (TPSA) is 51.5 Å². The number of furan rings is 1. The Labute approximate surface area is 159 Å². The van der Waals surface area contributed by atoms with Gasteiger partial charge in [0.05, 0.1) is 6.61 Å². The normalized spacial score (nSPS) is 15.3. The first-order valence-corrected chi connectivity index (χ1v) is 9.63. The largest absolute Gasteiger partial charge is 0.494 e. The summed E-state index contributed by atoms with van der Waals surface area (Å²) in [6.45, 7) is 5.12. The maximum absolute atomic E-state index is 12.8. The van der Waals surface area contributed by atoms with Crippen LogP contribution >= 0.6 is 0 Å². The van der Waals surface area contributed by atoms with Crippen LogP contribution in [0.5, 0.6) is 5.75 Å². The number of amides is 1. The Kier molecular flexibility index (Phi) is 4.65. The predicted molar refractivity (Wildman–Crippen MR) is 106 cm³/mol. The van der Waals surface area contributed by atoms with E-state index in [2.05, 4.69) is 29.6 Å². The lowest BCUT2D eigenvalue weighted by atomic mass is 9.64.